The monoisotopic (exact) mass is 384 g/mol. The Morgan fingerprint density at radius 2 is 1.69 bits per heavy atom. The van der Waals surface area contributed by atoms with Crippen LogP contribution in [-0.4, -0.2) is 34.3 Å². The Bertz CT molecular complexity index is 940. The lowest BCUT2D eigenvalue weighted by Gasteiger charge is -2.39. The number of nitriles is 1. The van der Waals surface area contributed by atoms with Crippen LogP contribution in [0.25, 0.3) is 0 Å². The molecule has 4 rings (SSSR count). The number of allylic oxidation sites excluding steroid dienone is 1. The van der Waals surface area contributed by atoms with Gasteiger partial charge in [0.25, 0.3) is 0 Å². The zero-order valence-electron chi connectivity index (χ0n) is 17.5. The van der Waals surface area contributed by atoms with Gasteiger partial charge in [-0.3, -0.25) is 0 Å². The quantitative estimate of drug-likeness (QED) is 0.695. The van der Waals surface area contributed by atoms with Crippen LogP contribution in [0, 0.1) is 17.2 Å². The first-order valence-electron chi connectivity index (χ1n) is 10.7. The van der Waals surface area contributed by atoms with Gasteiger partial charge in [-0.2, -0.15) is 5.26 Å². The standard InChI is InChI=1S/C26H30N3/c1-26(2)24(18-21-10-12-22(19-27)13-11-21)25(28-15-6-7-16-28)14-17-29(26)20-23-8-4-3-5-9-23/h3-5,8-14,17,24H,6-7,15-16,18,20H2,1-2H3/q+1. The van der Waals surface area contributed by atoms with E-state index in [4.69, 9.17) is 5.26 Å². The summed E-state index contributed by atoms with van der Waals surface area (Å²) in [4.78, 5) is 2.59. The predicted octanol–water partition coefficient (Wildman–Crippen LogP) is 4.77. The Morgan fingerprint density at radius 3 is 2.34 bits per heavy atom. The molecule has 0 N–H and O–H groups in total. The van der Waals surface area contributed by atoms with Gasteiger partial charge in [-0.15, -0.1) is 0 Å². The van der Waals surface area contributed by atoms with Crippen molar-refractivity contribution in [1.82, 2.24) is 4.90 Å². The molecule has 0 aromatic heterocycles. The van der Waals surface area contributed by atoms with Crippen molar-refractivity contribution in [3.05, 3.63) is 83.1 Å². The molecule has 1 saturated heterocycles. The fraction of sp³-hybridized carbons (Fsp3) is 0.385. The summed E-state index contributed by atoms with van der Waals surface area (Å²) in [6, 6.07) is 21.1. The van der Waals surface area contributed by atoms with Gasteiger partial charge in [0.1, 0.15) is 0 Å². The molecule has 29 heavy (non-hydrogen) atoms. The summed E-state index contributed by atoms with van der Waals surface area (Å²) < 4.78 is 2.50. The van der Waals surface area contributed by atoms with Crippen molar-refractivity contribution in [2.75, 3.05) is 13.1 Å². The van der Waals surface area contributed by atoms with E-state index in [0.29, 0.717) is 5.92 Å². The van der Waals surface area contributed by atoms with E-state index in [2.05, 4.69) is 84.1 Å². The van der Waals surface area contributed by atoms with Crippen LogP contribution in [-0.2, 0) is 13.0 Å². The predicted molar refractivity (Wildman–Crippen MR) is 118 cm³/mol. The van der Waals surface area contributed by atoms with Crippen LogP contribution in [0.4, 0.5) is 0 Å². The first kappa shape index (κ1) is 19.5. The Morgan fingerprint density at radius 1 is 1.00 bits per heavy atom. The Labute approximate surface area is 174 Å². The van der Waals surface area contributed by atoms with Gasteiger partial charge in [-0.05, 0) is 37.0 Å². The normalized spacial score (nSPS) is 20.7. The SMILES string of the molecule is CC1(C)C(Cc2ccc(C#N)cc2)C(N2CCCC2)=CC=[N+]1Cc1ccccc1. The molecule has 1 fully saturated rings. The average molecular weight is 385 g/mol. The smallest absolute Gasteiger partial charge is 0.168 e. The van der Waals surface area contributed by atoms with E-state index in [1.165, 1.54) is 29.7 Å². The summed E-state index contributed by atoms with van der Waals surface area (Å²) in [5.74, 6) is 0.405. The minimum absolute atomic E-state index is 0.00356. The zero-order valence-corrected chi connectivity index (χ0v) is 17.5. The third kappa shape index (κ3) is 4.12. The van der Waals surface area contributed by atoms with Crippen molar-refractivity contribution in [1.29, 1.82) is 5.26 Å². The van der Waals surface area contributed by atoms with E-state index >= 15 is 0 Å². The molecule has 0 aliphatic carbocycles. The zero-order chi connectivity index (χ0) is 20.3. The van der Waals surface area contributed by atoms with Crippen LogP contribution in [0.1, 0.15) is 43.4 Å². The molecule has 1 atom stereocenters. The third-order valence-corrected chi connectivity index (χ3v) is 6.57. The molecule has 148 valence electrons. The highest BCUT2D eigenvalue weighted by atomic mass is 15.2. The molecule has 0 radical (unpaired) electrons. The molecule has 2 aromatic rings. The number of hydrogen-bond acceptors (Lipinski definition) is 2. The lowest BCUT2D eigenvalue weighted by molar-refractivity contribution is -0.621. The highest BCUT2D eigenvalue weighted by Crippen LogP contribution is 2.37. The molecule has 0 saturated carbocycles. The van der Waals surface area contributed by atoms with E-state index in [1.54, 1.807) is 0 Å². The fourth-order valence-corrected chi connectivity index (χ4v) is 4.68. The molecule has 2 aliphatic rings. The summed E-state index contributed by atoms with van der Waals surface area (Å²) in [5.41, 5.74) is 4.84. The molecule has 2 aromatic carbocycles. The summed E-state index contributed by atoms with van der Waals surface area (Å²) in [5, 5.41) is 9.12. The first-order valence-corrected chi connectivity index (χ1v) is 10.7. The molecular formula is C26H30N3+. The summed E-state index contributed by atoms with van der Waals surface area (Å²) >= 11 is 0. The van der Waals surface area contributed by atoms with E-state index in [9.17, 15) is 0 Å². The number of benzene rings is 2. The maximum atomic E-state index is 9.12. The molecule has 0 amide bonds. The molecule has 2 heterocycles. The Hall–Kier alpha value is -2.86. The fourth-order valence-electron chi connectivity index (χ4n) is 4.68. The number of rotatable bonds is 5. The van der Waals surface area contributed by atoms with Gasteiger partial charge in [-0.25, -0.2) is 4.58 Å². The molecule has 0 bridgehead atoms. The van der Waals surface area contributed by atoms with Gasteiger partial charge in [0.05, 0.1) is 17.6 Å². The van der Waals surface area contributed by atoms with Crippen molar-refractivity contribution < 1.29 is 4.58 Å². The largest absolute Gasteiger partial charge is 0.374 e. The number of likely N-dealkylation sites (tertiary alicyclic amines) is 1. The second-order valence-electron chi connectivity index (χ2n) is 8.77. The Kier molecular flexibility index (Phi) is 5.53. The van der Waals surface area contributed by atoms with Gasteiger partial charge in [-0.1, -0.05) is 42.5 Å². The molecule has 3 nitrogen and oxygen atoms in total. The maximum absolute atomic E-state index is 9.12. The van der Waals surface area contributed by atoms with Gasteiger partial charge in [0.15, 0.2) is 18.3 Å². The van der Waals surface area contributed by atoms with Crippen LogP contribution in [0.3, 0.4) is 0 Å². The van der Waals surface area contributed by atoms with Crippen LogP contribution < -0.4 is 0 Å². The van der Waals surface area contributed by atoms with E-state index in [0.717, 1.165) is 31.6 Å². The van der Waals surface area contributed by atoms with Crippen LogP contribution in [0.5, 0.6) is 0 Å². The highest BCUT2D eigenvalue weighted by molar-refractivity contribution is 5.69. The van der Waals surface area contributed by atoms with Gasteiger partial charge >= 0.3 is 0 Å². The second kappa shape index (κ2) is 8.25. The molecular weight excluding hydrogens is 354 g/mol. The minimum atomic E-state index is -0.00356. The average Bonchev–Trinajstić information content (AvgIpc) is 3.27. The van der Waals surface area contributed by atoms with Crippen LogP contribution >= 0.6 is 0 Å². The number of nitrogens with zero attached hydrogens (tertiary/aromatic N) is 3. The van der Waals surface area contributed by atoms with E-state index in [1.807, 2.05) is 12.1 Å². The van der Waals surface area contributed by atoms with Gasteiger partial charge < -0.3 is 4.90 Å². The Balaban J connectivity index is 1.66. The maximum Gasteiger partial charge on any atom is 0.168 e. The first-order chi connectivity index (χ1) is 14.1. The van der Waals surface area contributed by atoms with Crippen molar-refractivity contribution in [3.63, 3.8) is 0 Å². The topological polar surface area (TPSA) is 30.0 Å². The summed E-state index contributed by atoms with van der Waals surface area (Å²) in [6.45, 7) is 8.01. The number of hydrogen-bond donors (Lipinski definition) is 0. The van der Waals surface area contributed by atoms with Gasteiger partial charge in [0, 0.05) is 44.3 Å². The summed E-state index contributed by atoms with van der Waals surface area (Å²) in [6.07, 6.45) is 8.22. The van der Waals surface area contributed by atoms with Crippen molar-refractivity contribution in [2.45, 2.75) is 45.2 Å². The van der Waals surface area contributed by atoms with Crippen LogP contribution in [0.2, 0.25) is 0 Å². The van der Waals surface area contributed by atoms with Crippen molar-refractivity contribution in [3.8, 4) is 6.07 Å². The van der Waals surface area contributed by atoms with E-state index in [-0.39, 0.29) is 5.54 Å². The van der Waals surface area contributed by atoms with E-state index < -0.39 is 0 Å². The minimum Gasteiger partial charge on any atom is -0.374 e. The third-order valence-electron chi connectivity index (χ3n) is 6.57. The highest BCUT2D eigenvalue weighted by Gasteiger charge is 2.45. The van der Waals surface area contributed by atoms with Crippen LogP contribution in [0.15, 0.2) is 66.4 Å². The lowest BCUT2D eigenvalue weighted by Crippen LogP contribution is -2.50. The summed E-state index contributed by atoms with van der Waals surface area (Å²) in [7, 11) is 0. The lowest BCUT2D eigenvalue weighted by atomic mass is 9.77. The molecule has 2 aliphatic heterocycles. The van der Waals surface area contributed by atoms with Crippen molar-refractivity contribution in [2.24, 2.45) is 5.92 Å². The second-order valence-corrected chi connectivity index (χ2v) is 8.77. The molecule has 0 spiro atoms. The molecule has 3 heteroatoms. The van der Waals surface area contributed by atoms with Crippen molar-refractivity contribution >= 4 is 6.21 Å². The van der Waals surface area contributed by atoms with Gasteiger partial charge in [0.2, 0.25) is 0 Å². The molecule has 1 unspecified atom stereocenters.